The summed E-state index contributed by atoms with van der Waals surface area (Å²) in [6, 6.07) is 13.4. The predicted octanol–water partition coefficient (Wildman–Crippen LogP) is 2.18. The molecule has 0 bridgehead atoms. The minimum atomic E-state index is -3.62. The summed E-state index contributed by atoms with van der Waals surface area (Å²) in [7, 11) is -3.62. The van der Waals surface area contributed by atoms with Crippen molar-refractivity contribution in [2.24, 2.45) is 0 Å². The molecule has 2 N–H and O–H groups in total. The molecule has 0 radical (unpaired) electrons. The van der Waals surface area contributed by atoms with Gasteiger partial charge in [-0.05, 0) is 56.9 Å². The summed E-state index contributed by atoms with van der Waals surface area (Å²) in [5, 5.41) is 12.7. The van der Waals surface area contributed by atoms with Crippen molar-refractivity contribution in [3.8, 4) is 0 Å². The Hall–Kier alpha value is -2.75. The van der Waals surface area contributed by atoms with Gasteiger partial charge in [0.05, 0.1) is 22.1 Å². The third-order valence-electron chi connectivity index (χ3n) is 6.62. The molecule has 2 aliphatic rings. The van der Waals surface area contributed by atoms with Crippen LogP contribution in [0.3, 0.4) is 0 Å². The first-order valence-electron chi connectivity index (χ1n) is 11.7. The fourth-order valence-corrected chi connectivity index (χ4v) is 5.93. The topological polar surface area (TPSA) is 107 Å². The SMILES string of the molecule is Cc1ccc(S(=O)(=O)N2CCN(C(=O)c3ccccc3C(=O)NC3CCC(O)CC3)CC2)cc1. The van der Waals surface area contributed by atoms with Crippen LogP contribution < -0.4 is 5.32 Å². The van der Waals surface area contributed by atoms with Crippen molar-refractivity contribution in [2.45, 2.75) is 49.6 Å². The van der Waals surface area contributed by atoms with Crippen molar-refractivity contribution in [3.05, 3.63) is 65.2 Å². The molecule has 9 heteroatoms. The molecule has 1 saturated carbocycles. The minimum Gasteiger partial charge on any atom is -0.393 e. The molecule has 182 valence electrons. The van der Waals surface area contributed by atoms with E-state index in [2.05, 4.69) is 5.32 Å². The fourth-order valence-electron chi connectivity index (χ4n) is 4.51. The molecular weight excluding hydrogens is 454 g/mol. The van der Waals surface area contributed by atoms with Gasteiger partial charge in [0.25, 0.3) is 11.8 Å². The van der Waals surface area contributed by atoms with Gasteiger partial charge in [0.15, 0.2) is 0 Å². The lowest BCUT2D eigenvalue weighted by molar-refractivity contribution is 0.0691. The van der Waals surface area contributed by atoms with Crippen LogP contribution in [0.2, 0.25) is 0 Å². The number of nitrogens with zero attached hydrogens (tertiary/aromatic N) is 2. The number of piperazine rings is 1. The highest BCUT2D eigenvalue weighted by Gasteiger charge is 2.32. The number of rotatable bonds is 5. The summed E-state index contributed by atoms with van der Waals surface area (Å²) in [5.41, 5.74) is 1.61. The molecule has 2 aromatic carbocycles. The van der Waals surface area contributed by atoms with E-state index in [1.165, 1.54) is 4.31 Å². The van der Waals surface area contributed by atoms with Crippen LogP contribution in [0.15, 0.2) is 53.4 Å². The van der Waals surface area contributed by atoms with Gasteiger partial charge in [0.1, 0.15) is 0 Å². The zero-order chi connectivity index (χ0) is 24.3. The van der Waals surface area contributed by atoms with Gasteiger partial charge < -0.3 is 15.3 Å². The van der Waals surface area contributed by atoms with E-state index in [1.807, 2.05) is 6.92 Å². The third-order valence-corrected chi connectivity index (χ3v) is 8.53. The highest BCUT2D eigenvalue weighted by atomic mass is 32.2. The van der Waals surface area contributed by atoms with E-state index in [0.29, 0.717) is 36.8 Å². The van der Waals surface area contributed by atoms with Crippen molar-refractivity contribution < 1.29 is 23.1 Å². The van der Waals surface area contributed by atoms with Crippen molar-refractivity contribution in [3.63, 3.8) is 0 Å². The monoisotopic (exact) mass is 485 g/mol. The number of sulfonamides is 1. The Morgan fingerprint density at radius 3 is 2.09 bits per heavy atom. The maximum Gasteiger partial charge on any atom is 0.254 e. The predicted molar refractivity (Wildman–Crippen MR) is 128 cm³/mol. The standard InChI is InChI=1S/C25H31N3O5S/c1-18-6-12-21(13-7-18)34(32,33)28-16-14-27(15-17-28)25(31)23-5-3-2-4-22(23)24(30)26-19-8-10-20(29)11-9-19/h2-7,12-13,19-20,29H,8-11,14-17H2,1H3,(H,26,30). The van der Waals surface area contributed by atoms with Gasteiger partial charge in [-0.1, -0.05) is 29.8 Å². The van der Waals surface area contributed by atoms with Crippen LogP contribution in [0, 0.1) is 6.92 Å². The van der Waals surface area contributed by atoms with Crippen molar-refractivity contribution >= 4 is 21.8 Å². The second-order valence-corrected chi connectivity index (χ2v) is 11.0. The van der Waals surface area contributed by atoms with Crippen molar-refractivity contribution in [1.29, 1.82) is 0 Å². The molecule has 0 spiro atoms. The number of carbonyl (C=O) groups excluding carboxylic acids is 2. The maximum atomic E-state index is 13.3. The first-order valence-corrected chi connectivity index (χ1v) is 13.1. The van der Waals surface area contributed by atoms with E-state index < -0.39 is 10.0 Å². The van der Waals surface area contributed by atoms with Crippen molar-refractivity contribution in [2.75, 3.05) is 26.2 Å². The molecule has 1 aliphatic carbocycles. The van der Waals surface area contributed by atoms with E-state index >= 15 is 0 Å². The smallest absolute Gasteiger partial charge is 0.254 e. The van der Waals surface area contributed by atoms with Crippen LogP contribution in [0.5, 0.6) is 0 Å². The fraction of sp³-hybridized carbons (Fsp3) is 0.440. The lowest BCUT2D eigenvalue weighted by atomic mass is 9.92. The molecule has 1 saturated heterocycles. The zero-order valence-electron chi connectivity index (χ0n) is 19.3. The molecule has 34 heavy (non-hydrogen) atoms. The molecule has 0 unspecified atom stereocenters. The van der Waals surface area contributed by atoms with Gasteiger partial charge in [0, 0.05) is 32.2 Å². The molecule has 1 aliphatic heterocycles. The summed E-state index contributed by atoms with van der Waals surface area (Å²) >= 11 is 0. The zero-order valence-corrected chi connectivity index (χ0v) is 20.1. The molecule has 0 aromatic heterocycles. The van der Waals surface area contributed by atoms with Gasteiger partial charge in [-0.25, -0.2) is 8.42 Å². The van der Waals surface area contributed by atoms with E-state index in [0.717, 1.165) is 5.56 Å². The maximum absolute atomic E-state index is 13.3. The van der Waals surface area contributed by atoms with Gasteiger partial charge in [-0.2, -0.15) is 4.31 Å². The number of benzene rings is 2. The van der Waals surface area contributed by atoms with E-state index in [4.69, 9.17) is 0 Å². The number of aliphatic hydroxyl groups excluding tert-OH is 1. The van der Waals surface area contributed by atoms with Gasteiger partial charge >= 0.3 is 0 Å². The number of aliphatic hydroxyl groups is 1. The average molecular weight is 486 g/mol. The number of amides is 2. The lowest BCUT2D eigenvalue weighted by Gasteiger charge is -2.34. The minimum absolute atomic E-state index is 0.0189. The highest BCUT2D eigenvalue weighted by Crippen LogP contribution is 2.22. The van der Waals surface area contributed by atoms with E-state index in [9.17, 15) is 23.1 Å². The largest absolute Gasteiger partial charge is 0.393 e. The summed E-state index contributed by atoms with van der Waals surface area (Å²) < 4.78 is 27.3. The van der Waals surface area contributed by atoms with Gasteiger partial charge in [-0.15, -0.1) is 0 Å². The Morgan fingerprint density at radius 2 is 1.47 bits per heavy atom. The molecule has 2 amide bonds. The van der Waals surface area contributed by atoms with E-state index in [-0.39, 0.29) is 55.0 Å². The summed E-state index contributed by atoms with van der Waals surface area (Å²) in [5.74, 6) is -0.580. The Bertz CT molecular complexity index is 1130. The normalized spacial score (nSPS) is 21.8. The summed E-state index contributed by atoms with van der Waals surface area (Å²) in [4.78, 5) is 28.1. The number of hydrogen-bond donors (Lipinski definition) is 2. The van der Waals surface area contributed by atoms with Crippen LogP contribution in [-0.2, 0) is 10.0 Å². The van der Waals surface area contributed by atoms with Crippen LogP contribution in [0.25, 0.3) is 0 Å². The molecular formula is C25H31N3O5S. The third kappa shape index (κ3) is 5.32. The van der Waals surface area contributed by atoms with Crippen LogP contribution in [-0.4, -0.2) is 72.9 Å². The number of nitrogens with one attached hydrogen (secondary N) is 1. The Labute approximate surface area is 200 Å². The number of carbonyl (C=O) groups is 2. The second kappa shape index (κ2) is 10.2. The molecule has 2 fully saturated rings. The quantitative estimate of drug-likeness (QED) is 0.675. The van der Waals surface area contributed by atoms with Gasteiger partial charge in [0.2, 0.25) is 10.0 Å². The molecule has 2 aromatic rings. The number of hydrogen-bond acceptors (Lipinski definition) is 5. The van der Waals surface area contributed by atoms with Crippen molar-refractivity contribution in [1.82, 2.24) is 14.5 Å². The number of aryl methyl sites for hydroxylation is 1. The van der Waals surface area contributed by atoms with Gasteiger partial charge in [-0.3, -0.25) is 9.59 Å². The molecule has 0 atom stereocenters. The molecule has 4 rings (SSSR count). The Kier molecular flexibility index (Phi) is 7.35. The Balaban J connectivity index is 1.41. The van der Waals surface area contributed by atoms with Crippen LogP contribution in [0.4, 0.5) is 0 Å². The highest BCUT2D eigenvalue weighted by molar-refractivity contribution is 7.89. The van der Waals surface area contributed by atoms with E-state index in [1.54, 1.807) is 53.4 Å². The molecule has 1 heterocycles. The van der Waals surface area contributed by atoms with Crippen LogP contribution in [0.1, 0.15) is 52.0 Å². The summed E-state index contributed by atoms with van der Waals surface area (Å²) in [6.45, 7) is 2.79. The first kappa shape index (κ1) is 24.4. The summed E-state index contributed by atoms with van der Waals surface area (Å²) in [6.07, 6.45) is 2.42. The first-order chi connectivity index (χ1) is 16.3. The lowest BCUT2D eigenvalue weighted by Crippen LogP contribution is -2.50. The Morgan fingerprint density at radius 1 is 0.882 bits per heavy atom. The van der Waals surface area contributed by atoms with Crippen LogP contribution >= 0.6 is 0 Å². The average Bonchev–Trinajstić information content (AvgIpc) is 2.85. The molecule has 8 nitrogen and oxygen atoms in total. The second-order valence-electron chi connectivity index (χ2n) is 9.03.